The highest BCUT2D eigenvalue weighted by Crippen LogP contribution is 2.20. The van der Waals surface area contributed by atoms with Gasteiger partial charge in [-0.3, -0.25) is 9.59 Å². The van der Waals surface area contributed by atoms with Gasteiger partial charge in [0.05, 0.1) is 5.69 Å². The Kier molecular flexibility index (Phi) is 9.87. The van der Waals surface area contributed by atoms with Crippen LogP contribution in [0.4, 0.5) is 5.69 Å². The maximum atomic E-state index is 13.5. The Morgan fingerprint density at radius 1 is 0.970 bits per heavy atom. The normalized spacial score (nSPS) is 12.3. The summed E-state index contributed by atoms with van der Waals surface area (Å²) in [5, 5.41) is 2.83. The standard InChI is InChI=1S/C24H34N4O4S/c1-5-17-25-24(30)20(2)27(18-16-21-12-8-6-9-13-21)23(29)19-28(33(31,32)26(3)4)22-14-10-7-11-15-22/h6-15,20H,5,16-19H2,1-4H3,(H,25,30). The van der Waals surface area contributed by atoms with Crippen molar-refractivity contribution in [1.29, 1.82) is 0 Å². The van der Waals surface area contributed by atoms with Gasteiger partial charge in [0.15, 0.2) is 0 Å². The third-order valence-corrected chi connectivity index (χ3v) is 7.08. The van der Waals surface area contributed by atoms with E-state index in [4.69, 9.17) is 0 Å². The van der Waals surface area contributed by atoms with Crippen molar-refractivity contribution in [1.82, 2.24) is 14.5 Å². The minimum Gasteiger partial charge on any atom is -0.354 e. The van der Waals surface area contributed by atoms with Gasteiger partial charge in [-0.1, -0.05) is 55.5 Å². The molecule has 2 aromatic carbocycles. The van der Waals surface area contributed by atoms with Gasteiger partial charge in [-0.05, 0) is 37.5 Å². The van der Waals surface area contributed by atoms with E-state index in [1.54, 1.807) is 37.3 Å². The van der Waals surface area contributed by atoms with Gasteiger partial charge < -0.3 is 10.2 Å². The topological polar surface area (TPSA) is 90.0 Å². The summed E-state index contributed by atoms with van der Waals surface area (Å²) < 4.78 is 28.2. The minimum atomic E-state index is -3.93. The summed E-state index contributed by atoms with van der Waals surface area (Å²) in [6.45, 7) is 4.00. The number of hydrogen-bond donors (Lipinski definition) is 1. The number of carbonyl (C=O) groups excluding carboxylic acids is 2. The molecule has 0 aliphatic rings. The van der Waals surface area contributed by atoms with Gasteiger partial charge in [-0.15, -0.1) is 0 Å². The van der Waals surface area contributed by atoms with Gasteiger partial charge in [-0.2, -0.15) is 12.7 Å². The summed E-state index contributed by atoms with van der Waals surface area (Å²) in [7, 11) is -1.09. The van der Waals surface area contributed by atoms with Crippen LogP contribution in [0.3, 0.4) is 0 Å². The molecule has 0 saturated heterocycles. The smallest absolute Gasteiger partial charge is 0.304 e. The maximum Gasteiger partial charge on any atom is 0.304 e. The zero-order valence-corrected chi connectivity index (χ0v) is 20.6. The zero-order valence-electron chi connectivity index (χ0n) is 19.8. The number of nitrogens with one attached hydrogen (secondary N) is 1. The molecule has 180 valence electrons. The Morgan fingerprint density at radius 2 is 1.55 bits per heavy atom. The highest BCUT2D eigenvalue weighted by molar-refractivity contribution is 7.90. The molecule has 2 aromatic rings. The molecule has 1 N–H and O–H groups in total. The van der Waals surface area contributed by atoms with E-state index >= 15 is 0 Å². The molecule has 2 rings (SSSR count). The lowest BCUT2D eigenvalue weighted by molar-refractivity contribution is -0.138. The average molecular weight is 475 g/mol. The number of carbonyl (C=O) groups is 2. The number of hydrogen-bond acceptors (Lipinski definition) is 4. The summed E-state index contributed by atoms with van der Waals surface area (Å²) in [5.74, 6) is -0.709. The lowest BCUT2D eigenvalue weighted by Crippen LogP contribution is -2.53. The van der Waals surface area contributed by atoms with Gasteiger partial charge in [0.2, 0.25) is 11.8 Å². The average Bonchev–Trinajstić information content (AvgIpc) is 2.81. The lowest BCUT2D eigenvalue weighted by Gasteiger charge is -2.32. The molecular weight excluding hydrogens is 440 g/mol. The molecule has 2 amide bonds. The Morgan fingerprint density at radius 3 is 2.09 bits per heavy atom. The molecule has 1 atom stereocenters. The van der Waals surface area contributed by atoms with Crippen molar-refractivity contribution < 1.29 is 18.0 Å². The summed E-state index contributed by atoms with van der Waals surface area (Å²) in [5.41, 5.74) is 1.41. The molecule has 0 radical (unpaired) electrons. The molecule has 1 unspecified atom stereocenters. The van der Waals surface area contributed by atoms with Crippen LogP contribution in [0.1, 0.15) is 25.8 Å². The quantitative estimate of drug-likeness (QED) is 0.511. The predicted octanol–water partition coefficient (Wildman–Crippen LogP) is 2.29. The molecule has 0 spiro atoms. The first-order valence-corrected chi connectivity index (χ1v) is 12.4. The second-order valence-corrected chi connectivity index (χ2v) is 9.99. The zero-order chi connectivity index (χ0) is 24.4. The molecule has 33 heavy (non-hydrogen) atoms. The number of anilines is 1. The molecule has 0 aromatic heterocycles. The number of nitrogens with zero attached hydrogens (tertiary/aromatic N) is 3. The van der Waals surface area contributed by atoms with Crippen molar-refractivity contribution in [3.05, 3.63) is 66.2 Å². The van der Waals surface area contributed by atoms with Gasteiger partial charge >= 0.3 is 10.2 Å². The molecule has 9 heteroatoms. The van der Waals surface area contributed by atoms with E-state index in [0.717, 1.165) is 20.6 Å². The molecule has 0 heterocycles. The molecule has 0 bridgehead atoms. The third kappa shape index (κ3) is 7.30. The molecule has 0 fully saturated rings. The lowest BCUT2D eigenvalue weighted by atomic mass is 10.1. The van der Waals surface area contributed by atoms with E-state index in [-0.39, 0.29) is 12.5 Å². The van der Waals surface area contributed by atoms with Gasteiger partial charge in [0.25, 0.3) is 0 Å². The van der Waals surface area contributed by atoms with Crippen LogP contribution in [-0.4, -0.2) is 69.2 Å². The van der Waals surface area contributed by atoms with Crippen molar-refractivity contribution in [3.8, 4) is 0 Å². The van der Waals surface area contributed by atoms with Crippen LogP contribution >= 0.6 is 0 Å². The van der Waals surface area contributed by atoms with Crippen LogP contribution in [-0.2, 0) is 26.2 Å². The number of para-hydroxylation sites is 1. The van der Waals surface area contributed by atoms with Crippen molar-refractivity contribution in [3.63, 3.8) is 0 Å². The highest BCUT2D eigenvalue weighted by Gasteiger charge is 2.32. The summed E-state index contributed by atoms with van der Waals surface area (Å²) in [6, 6.07) is 17.4. The Labute approximate surface area is 197 Å². The Bertz CT molecular complexity index is 998. The SMILES string of the molecule is CCCNC(=O)C(C)N(CCc1ccccc1)C(=O)CN(c1ccccc1)S(=O)(=O)N(C)C. The van der Waals surface area contributed by atoms with Crippen LogP contribution in [0.5, 0.6) is 0 Å². The van der Waals surface area contributed by atoms with E-state index in [0.29, 0.717) is 18.7 Å². The van der Waals surface area contributed by atoms with Crippen molar-refractivity contribution >= 4 is 27.7 Å². The molecular formula is C24H34N4O4S. The van der Waals surface area contributed by atoms with Gasteiger partial charge in [0, 0.05) is 27.2 Å². The number of amides is 2. The van der Waals surface area contributed by atoms with E-state index in [2.05, 4.69) is 5.32 Å². The Balaban J connectivity index is 2.32. The fraction of sp³-hybridized carbons (Fsp3) is 0.417. The van der Waals surface area contributed by atoms with Crippen LogP contribution in [0.15, 0.2) is 60.7 Å². The maximum absolute atomic E-state index is 13.5. The van der Waals surface area contributed by atoms with Crippen LogP contribution in [0.2, 0.25) is 0 Å². The van der Waals surface area contributed by atoms with Crippen molar-refractivity contribution in [2.45, 2.75) is 32.7 Å². The largest absolute Gasteiger partial charge is 0.354 e. The summed E-state index contributed by atoms with van der Waals surface area (Å²) >= 11 is 0. The monoisotopic (exact) mass is 474 g/mol. The molecule has 0 aliphatic carbocycles. The highest BCUT2D eigenvalue weighted by atomic mass is 32.2. The fourth-order valence-corrected chi connectivity index (χ4v) is 4.33. The van der Waals surface area contributed by atoms with Crippen LogP contribution in [0, 0.1) is 0 Å². The summed E-state index contributed by atoms with van der Waals surface area (Å²) in [4.78, 5) is 27.6. The van der Waals surface area contributed by atoms with Crippen LogP contribution in [0.25, 0.3) is 0 Å². The van der Waals surface area contributed by atoms with E-state index in [9.17, 15) is 18.0 Å². The van der Waals surface area contributed by atoms with E-state index in [1.165, 1.54) is 19.0 Å². The first kappa shape index (κ1) is 26.3. The molecule has 0 saturated carbocycles. The van der Waals surface area contributed by atoms with Crippen molar-refractivity contribution in [2.75, 3.05) is 38.0 Å². The first-order valence-electron chi connectivity index (χ1n) is 11.0. The Hall–Kier alpha value is -2.91. The molecule has 0 aliphatic heterocycles. The second kappa shape index (κ2) is 12.4. The summed E-state index contributed by atoms with van der Waals surface area (Å²) in [6.07, 6.45) is 1.32. The first-order chi connectivity index (χ1) is 15.7. The molecule has 8 nitrogen and oxygen atoms in total. The van der Waals surface area contributed by atoms with Crippen LogP contribution < -0.4 is 9.62 Å². The predicted molar refractivity (Wildman–Crippen MR) is 131 cm³/mol. The van der Waals surface area contributed by atoms with E-state index < -0.39 is 28.7 Å². The fourth-order valence-electron chi connectivity index (χ4n) is 3.28. The third-order valence-electron chi connectivity index (χ3n) is 5.26. The number of rotatable bonds is 12. The van der Waals surface area contributed by atoms with Gasteiger partial charge in [-0.25, -0.2) is 4.31 Å². The van der Waals surface area contributed by atoms with Crippen molar-refractivity contribution in [2.24, 2.45) is 0 Å². The minimum absolute atomic E-state index is 0.264. The van der Waals surface area contributed by atoms with E-state index in [1.807, 2.05) is 37.3 Å². The number of benzene rings is 2. The van der Waals surface area contributed by atoms with Gasteiger partial charge in [0.1, 0.15) is 12.6 Å². The second-order valence-electron chi connectivity index (χ2n) is 7.92.